The first kappa shape index (κ1) is 12.4. The minimum absolute atomic E-state index is 0.0720. The number of aryl methyl sites for hydroxylation is 1. The number of rotatable bonds is 3. The van der Waals surface area contributed by atoms with Gasteiger partial charge in [-0.2, -0.15) is 0 Å². The highest BCUT2D eigenvalue weighted by atomic mass is 32.1. The predicted molar refractivity (Wildman–Crippen MR) is 78.4 cm³/mol. The van der Waals surface area contributed by atoms with Crippen LogP contribution in [-0.2, 0) is 0 Å². The molecule has 0 aromatic carbocycles. The van der Waals surface area contributed by atoms with E-state index >= 15 is 0 Å². The molecule has 3 rings (SSSR count). The normalized spacial score (nSPS) is 21.6. The van der Waals surface area contributed by atoms with E-state index in [1.807, 2.05) is 19.1 Å². The Morgan fingerprint density at radius 1 is 1.58 bits per heavy atom. The zero-order valence-electron chi connectivity index (χ0n) is 11.1. The van der Waals surface area contributed by atoms with E-state index < -0.39 is 0 Å². The predicted octanol–water partition coefficient (Wildman–Crippen LogP) is 2.57. The lowest BCUT2D eigenvalue weighted by molar-refractivity contribution is 0.0956. The molecule has 2 atom stereocenters. The number of aromatic nitrogens is 1. The molecule has 2 unspecified atom stereocenters. The van der Waals surface area contributed by atoms with Crippen molar-refractivity contribution in [2.75, 3.05) is 12.3 Å². The van der Waals surface area contributed by atoms with Crippen molar-refractivity contribution in [1.82, 2.24) is 10.3 Å². The molecule has 100 valence electrons. The first-order valence-electron chi connectivity index (χ1n) is 6.50. The monoisotopic (exact) mass is 275 g/mol. The molecule has 2 aromatic heterocycles. The summed E-state index contributed by atoms with van der Waals surface area (Å²) in [5.74, 6) is 1.31. The maximum atomic E-state index is 12.2. The van der Waals surface area contributed by atoms with Crippen molar-refractivity contribution in [2.24, 2.45) is 11.8 Å². The molecule has 19 heavy (non-hydrogen) atoms. The Morgan fingerprint density at radius 3 is 3.00 bits per heavy atom. The summed E-state index contributed by atoms with van der Waals surface area (Å²) in [5.41, 5.74) is 7.54. The average molecular weight is 275 g/mol. The summed E-state index contributed by atoms with van der Waals surface area (Å²) in [7, 11) is 0. The Morgan fingerprint density at radius 2 is 2.32 bits per heavy atom. The average Bonchev–Trinajstić information content (AvgIpc) is 2.98. The Hall–Kier alpha value is -1.62. The van der Waals surface area contributed by atoms with Crippen LogP contribution < -0.4 is 11.1 Å². The third-order valence-electron chi connectivity index (χ3n) is 3.74. The lowest BCUT2D eigenvalue weighted by Gasteiger charge is -2.02. The second kappa shape index (κ2) is 4.49. The Labute approximate surface area is 116 Å². The summed E-state index contributed by atoms with van der Waals surface area (Å²) >= 11 is 1.37. The van der Waals surface area contributed by atoms with Crippen LogP contribution in [0.4, 0.5) is 5.69 Å². The summed E-state index contributed by atoms with van der Waals surface area (Å²) in [6, 6.07) is 3.85. The molecule has 1 fully saturated rings. The summed E-state index contributed by atoms with van der Waals surface area (Å²) in [4.78, 5) is 18.0. The van der Waals surface area contributed by atoms with Crippen LogP contribution in [-0.4, -0.2) is 17.4 Å². The van der Waals surface area contributed by atoms with Gasteiger partial charge in [0.1, 0.15) is 9.71 Å². The minimum Gasteiger partial charge on any atom is -0.397 e. The molecule has 1 amide bonds. The van der Waals surface area contributed by atoms with E-state index in [0.717, 1.165) is 28.4 Å². The van der Waals surface area contributed by atoms with Gasteiger partial charge in [0.2, 0.25) is 0 Å². The van der Waals surface area contributed by atoms with Gasteiger partial charge in [0.05, 0.1) is 5.69 Å². The number of fused-ring (bicyclic) bond motifs is 1. The molecule has 1 aliphatic rings. The summed E-state index contributed by atoms with van der Waals surface area (Å²) in [5, 5.41) is 3.85. The fourth-order valence-electron chi connectivity index (χ4n) is 2.25. The number of nitrogens with two attached hydrogens (primary N) is 1. The van der Waals surface area contributed by atoms with Crippen LogP contribution >= 0.6 is 11.3 Å². The topological polar surface area (TPSA) is 68.0 Å². The van der Waals surface area contributed by atoms with Gasteiger partial charge in [-0.3, -0.25) is 4.79 Å². The van der Waals surface area contributed by atoms with Crippen LogP contribution in [0.5, 0.6) is 0 Å². The van der Waals surface area contributed by atoms with Gasteiger partial charge in [0, 0.05) is 17.6 Å². The van der Waals surface area contributed by atoms with E-state index in [4.69, 9.17) is 5.73 Å². The zero-order valence-corrected chi connectivity index (χ0v) is 11.9. The molecule has 4 nitrogen and oxygen atoms in total. The first-order chi connectivity index (χ1) is 9.06. The van der Waals surface area contributed by atoms with E-state index in [2.05, 4.69) is 17.2 Å². The lowest BCUT2D eigenvalue weighted by atomic mass is 10.2. The SMILES string of the molecule is Cc1ccc2c(N)c(C(=O)NCC3CC3C)sc2n1. The molecule has 1 saturated carbocycles. The van der Waals surface area contributed by atoms with Gasteiger partial charge in [-0.25, -0.2) is 4.98 Å². The van der Waals surface area contributed by atoms with Gasteiger partial charge >= 0.3 is 0 Å². The molecule has 5 heteroatoms. The molecule has 0 aliphatic heterocycles. The van der Waals surface area contributed by atoms with E-state index in [1.54, 1.807) is 0 Å². The Bertz CT molecular complexity index is 649. The number of anilines is 1. The second-order valence-corrected chi connectivity index (χ2v) is 6.33. The Kier molecular flexibility index (Phi) is 2.93. The van der Waals surface area contributed by atoms with Crippen LogP contribution in [0.3, 0.4) is 0 Å². The number of nitrogen functional groups attached to an aromatic ring is 1. The lowest BCUT2D eigenvalue weighted by Crippen LogP contribution is -2.25. The number of carbonyl (C=O) groups is 1. The first-order valence-corrected chi connectivity index (χ1v) is 7.31. The maximum absolute atomic E-state index is 12.2. The molecule has 3 N–H and O–H groups in total. The van der Waals surface area contributed by atoms with E-state index in [-0.39, 0.29) is 5.91 Å². The van der Waals surface area contributed by atoms with Crippen molar-refractivity contribution in [3.05, 3.63) is 22.7 Å². The minimum atomic E-state index is -0.0720. The third-order valence-corrected chi connectivity index (χ3v) is 4.85. The quantitative estimate of drug-likeness (QED) is 0.904. The third kappa shape index (κ3) is 2.30. The van der Waals surface area contributed by atoms with E-state index in [9.17, 15) is 4.79 Å². The van der Waals surface area contributed by atoms with Crippen molar-refractivity contribution in [3.8, 4) is 0 Å². The van der Waals surface area contributed by atoms with Gasteiger partial charge in [-0.1, -0.05) is 6.92 Å². The van der Waals surface area contributed by atoms with Crippen molar-refractivity contribution >= 4 is 33.1 Å². The van der Waals surface area contributed by atoms with Gasteiger partial charge < -0.3 is 11.1 Å². The van der Waals surface area contributed by atoms with Crippen LogP contribution in [0, 0.1) is 18.8 Å². The van der Waals surface area contributed by atoms with Crippen LogP contribution in [0.25, 0.3) is 10.2 Å². The standard InChI is InChI=1S/C14H17N3OS/c1-7-5-9(7)6-16-13(18)12-11(15)10-4-3-8(2)17-14(10)19-12/h3-4,7,9H,5-6,15H2,1-2H3,(H,16,18). The highest BCUT2D eigenvalue weighted by molar-refractivity contribution is 7.21. The van der Waals surface area contributed by atoms with Crippen molar-refractivity contribution in [2.45, 2.75) is 20.3 Å². The van der Waals surface area contributed by atoms with Gasteiger partial charge in [-0.15, -0.1) is 11.3 Å². The Balaban J connectivity index is 1.83. The van der Waals surface area contributed by atoms with Crippen LogP contribution in [0.2, 0.25) is 0 Å². The van der Waals surface area contributed by atoms with Crippen LogP contribution in [0.1, 0.15) is 28.7 Å². The zero-order chi connectivity index (χ0) is 13.6. The molecule has 1 aliphatic carbocycles. The largest absolute Gasteiger partial charge is 0.397 e. The fraction of sp³-hybridized carbons (Fsp3) is 0.429. The molecule has 0 bridgehead atoms. The number of hydrogen-bond donors (Lipinski definition) is 2. The molecule has 2 heterocycles. The number of hydrogen-bond acceptors (Lipinski definition) is 4. The number of thiophene rings is 1. The van der Waals surface area contributed by atoms with E-state index in [1.165, 1.54) is 17.8 Å². The molecule has 2 aromatic rings. The summed E-state index contributed by atoms with van der Waals surface area (Å²) < 4.78 is 0. The number of nitrogens with one attached hydrogen (secondary N) is 1. The maximum Gasteiger partial charge on any atom is 0.263 e. The van der Waals surface area contributed by atoms with Gasteiger partial charge in [0.15, 0.2) is 0 Å². The van der Waals surface area contributed by atoms with Crippen molar-refractivity contribution < 1.29 is 4.79 Å². The smallest absolute Gasteiger partial charge is 0.263 e. The van der Waals surface area contributed by atoms with Gasteiger partial charge in [-0.05, 0) is 37.3 Å². The molecule has 0 saturated heterocycles. The molecular formula is C14H17N3OS. The molecular weight excluding hydrogens is 258 g/mol. The number of carbonyl (C=O) groups excluding carboxylic acids is 1. The molecule has 0 radical (unpaired) electrons. The summed E-state index contributed by atoms with van der Waals surface area (Å²) in [6.45, 7) is 4.89. The molecule has 0 spiro atoms. The highest BCUT2D eigenvalue weighted by Crippen LogP contribution is 2.37. The van der Waals surface area contributed by atoms with Crippen molar-refractivity contribution in [1.29, 1.82) is 0 Å². The number of nitrogens with zero attached hydrogens (tertiary/aromatic N) is 1. The van der Waals surface area contributed by atoms with Crippen LogP contribution in [0.15, 0.2) is 12.1 Å². The van der Waals surface area contributed by atoms with E-state index in [0.29, 0.717) is 16.5 Å². The van der Waals surface area contributed by atoms with Gasteiger partial charge in [0.25, 0.3) is 5.91 Å². The second-order valence-electron chi connectivity index (χ2n) is 5.33. The number of amides is 1. The highest BCUT2D eigenvalue weighted by Gasteiger charge is 2.32. The fourth-order valence-corrected chi connectivity index (χ4v) is 3.30. The summed E-state index contributed by atoms with van der Waals surface area (Å²) in [6.07, 6.45) is 1.21. The number of pyridine rings is 1. The van der Waals surface area contributed by atoms with Crippen molar-refractivity contribution in [3.63, 3.8) is 0 Å².